The molecule has 0 spiro atoms. The predicted molar refractivity (Wildman–Crippen MR) is 111 cm³/mol. The second kappa shape index (κ2) is 8.60. The highest BCUT2D eigenvalue weighted by atomic mass is 16.5. The molecule has 1 heterocycles. The van der Waals surface area contributed by atoms with E-state index in [1.165, 1.54) is 11.8 Å². The van der Waals surface area contributed by atoms with Gasteiger partial charge < -0.3 is 15.4 Å². The molecule has 1 aliphatic rings. The zero-order valence-electron chi connectivity index (χ0n) is 16.6. The number of nitrogens with one attached hydrogen (secondary N) is 2. The van der Waals surface area contributed by atoms with Crippen molar-refractivity contribution in [3.8, 4) is 5.75 Å². The minimum atomic E-state index is -0.353. The SMILES string of the molecule is CCCN1C(=O)C(Nc2ccc(OC)cc2)=C(c2ccc(NC(C)=O)cc2)C1=O. The summed E-state index contributed by atoms with van der Waals surface area (Å²) < 4.78 is 5.16. The molecule has 0 atom stereocenters. The summed E-state index contributed by atoms with van der Waals surface area (Å²) in [5.41, 5.74) is 2.45. The van der Waals surface area contributed by atoms with E-state index >= 15 is 0 Å². The average Bonchev–Trinajstić information content (AvgIpc) is 2.93. The van der Waals surface area contributed by atoms with Gasteiger partial charge in [0, 0.05) is 24.8 Å². The highest BCUT2D eigenvalue weighted by molar-refractivity contribution is 6.36. The highest BCUT2D eigenvalue weighted by Crippen LogP contribution is 2.31. The Bertz CT molecular complexity index is 963. The largest absolute Gasteiger partial charge is 0.497 e. The first kappa shape index (κ1) is 20.1. The van der Waals surface area contributed by atoms with E-state index in [-0.39, 0.29) is 23.4 Å². The van der Waals surface area contributed by atoms with Crippen LogP contribution in [0.3, 0.4) is 0 Å². The molecule has 7 nitrogen and oxygen atoms in total. The maximum Gasteiger partial charge on any atom is 0.278 e. The van der Waals surface area contributed by atoms with E-state index in [1.807, 2.05) is 6.92 Å². The molecule has 0 radical (unpaired) electrons. The number of amides is 3. The zero-order chi connectivity index (χ0) is 21.0. The van der Waals surface area contributed by atoms with E-state index in [1.54, 1.807) is 55.6 Å². The van der Waals surface area contributed by atoms with Crippen LogP contribution in [0.5, 0.6) is 5.75 Å². The lowest BCUT2D eigenvalue weighted by molar-refractivity contribution is -0.136. The first-order valence-electron chi connectivity index (χ1n) is 9.34. The summed E-state index contributed by atoms with van der Waals surface area (Å²) in [7, 11) is 1.58. The van der Waals surface area contributed by atoms with Gasteiger partial charge in [-0.3, -0.25) is 19.3 Å². The van der Waals surface area contributed by atoms with Gasteiger partial charge in [0.15, 0.2) is 0 Å². The van der Waals surface area contributed by atoms with Crippen LogP contribution in [0.15, 0.2) is 54.2 Å². The molecule has 1 aliphatic heterocycles. The lowest BCUT2D eigenvalue weighted by Gasteiger charge is -2.13. The van der Waals surface area contributed by atoms with Crippen molar-refractivity contribution in [1.82, 2.24) is 4.90 Å². The number of carbonyl (C=O) groups excluding carboxylic acids is 3. The van der Waals surface area contributed by atoms with Gasteiger partial charge in [-0.2, -0.15) is 0 Å². The smallest absolute Gasteiger partial charge is 0.278 e. The Morgan fingerprint density at radius 2 is 1.59 bits per heavy atom. The van der Waals surface area contributed by atoms with Crippen molar-refractivity contribution in [3.63, 3.8) is 0 Å². The van der Waals surface area contributed by atoms with Gasteiger partial charge in [-0.05, 0) is 48.4 Å². The molecular formula is C22H23N3O4. The molecule has 0 aromatic heterocycles. The lowest BCUT2D eigenvalue weighted by Crippen LogP contribution is -2.33. The molecule has 2 aromatic carbocycles. The van der Waals surface area contributed by atoms with Gasteiger partial charge >= 0.3 is 0 Å². The van der Waals surface area contributed by atoms with Gasteiger partial charge in [-0.1, -0.05) is 19.1 Å². The summed E-state index contributed by atoms with van der Waals surface area (Å²) in [5.74, 6) is -0.173. The zero-order valence-corrected chi connectivity index (χ0v) is 16.6. The number of hydrogen-bond acceptors (Lipinski definition) is 5. The molecule has 150 valence electrons. The van der Waals surface area contributed by atoms with Crippen LogP contribution in [0, 0.1) is 0 Å². The van der Waals surface area contributed by atoms with Crippen molar-refractivity contribution in [2.24, 2.45) is 0 Å². The van der Waals surface area contributed by atoms with Crippen molar-refractivity contribution in [3.05, 3.63) is 59.8 Å². The van der Waals surface area contributed by atoms with Crippen LogP contribution >= 0.6 is 0 Å². The molecule has 0 aliphatic carbocycles. The fraction of sp³-hybridized carbons (Fsp3) is 0.227. The molecule has 3 rings (SSSR count). The van der Waals surface area contributed by atoms with Crippen molar-refractivity contribution in [2.75, 3.05) is 24.3 Å². The van der Waals surface area contributed by atoms with Crippen LogP contribution in [-0.2, 0) is 14.4 Å². The first-order valence-corrected chi connectivity index (χ1v) is 9.34. The maximum atomic E-state index is 13.0. The molecule has 0 saturated heterocycles. The summed E-state index contributed by atoms with van der Waals surface area (Å²) in [6.07, 6.45) is 0.669. The topological polar surface area (TPSA) is 87.7 Å². The first-order chi connectivity index (χ1) is 13.9. The summed E-state index contributed by atoms with van der Waals surface area (Å²) >= 11 is 0. The van der Waals surface area contributed by atoms with Crippen molar-refractivity contribution >= 4 is 34.7 Å². The van der Waals surface area contributed by atoms with Crippen molar-refractivity contribution in [1.29, 1.82) is 0 Å². The Balaban J connectivity index is 1.99. The molecular weight excluding hydrogens is 370 g/mol. The van der Waals surface area contributed by atoms with E-state index in [0.29, 0.717) is 41.2 Å². The van der Waals surface area contributed by atoms with Crippen LogP contribution < -0.4 is 15.4 Å². The molecule has 3 amide bonds. The fourth-order valence-electron chi connectivity index (χ4n) is 3.13. The summed E-state index contributed by atoms with van der Waals surface area (Å²) in [5, 5.41) is 5.79. The number of hydrogen-bond donors (Lipinski definition) is 2. The second-order valence-electron chi connectivity index (χ2n) is 6.62. The number of methoxy groups -OCH3 is 1. The predicted octanol–water partition coefficient (Wildman–Crippen LogP) is 3.26. The minimum absolute atomic E-state index is 0.180. The third-order valence-electron chi connectivity index (χ3n) is 4.47. The van der Waals surface area contributed by atoms with E-state index in [2.05, 4.69) is 10.6 Å². The van der Waals surface area contributed by atoms with Gasteiger partial charge in [0.1, 0.15) is 11.4 Å². The van der Waals surface area contributed by atoms with Crippen LogP contribution in [0.1, 0.15) is 25.8 Å². The number of carbonyl (C=O) groups is 3. The number of rotatable bonds is 7. The number of imide groups is 1. The van der Waals surface area contributed by atoms with Crippen molar-refractivity contribution < 1.29 is 19.1 Å². The quantitative estimate of drug-likeness (QED) is 0.705. The highest BCUT2D eigenvalue weighted by Gasteiger charge is 2.38. The maximum absolute atomic E-state index is 13.0. The van der Waals surface area contributed by atoms with E-state index in [9.17, 15) is 14.4 Å². The van der Waals surface area contributed by atoms with Gasteiger partial charge in [-0.25, -0.2) is 0 Å². The van der Waals surface area contributed by atoms with Gasteiger partial charge in [0.2, 0.25) is 5.91 Å². The fourth-order valence-corrected chi connectivity index (χ4v) is 3.13. The Morgan fingerprint density at radius 3 is 2.14 bits per heavy atom. The van der Waals surface area contributed by atoms with E-state index in [4.69, 9.17) is 4.74 Å². The molecule has 29 heavy (non-hydrogen) atoms. The second-order valence-corrected chi connectivity index (χ2v) is 6.62. The number of nitrogens with zero attached hydrogens (tertiary/aromatic N) is 1. The van der Waals surface area contributed by atoms with Crippen molar-refractivity contribution in [2.45, 2.75) is 20.3 Å². The van der Waals surface area contributed by atoms with E-state index in [0.717, 1.165) is 0 Å². The Hall–Kier alpha value is -3.61. The van der Waals surface area contributed by atoms with Crippen LogP contribution in [0.25, 0.3) is 5.57 Å². The minimum Gasteiger partial charge on any atom is -0.497 e. The van der Waals surface area contributed by atoms with Gasteiger partial charge in [0.25, 0.3) is 11.8 Å². The number of anilines is 2. The Morgan fingerprint density at radius 1 is 0.966 bits per heavy atom. The molecule has 0 saturated carbocycles. The molecule has 7 heteroatoms. The Kier molecular flexibility index (Phi) is 5.97. The van der Waals surface area contributed by atoms with Crippen LogP contribution in [0.4, 0.5) is 11.4 Å². The van der Waals surface area contributed by atoms with Gasteiger partial charge in [0.05, 0.1) is 12.7 Å². The lowest BCUT2D eigenvalue weighted by atomic mass is 10.0. The molecule has 0 unspecified atom stereocenters. The summed E-state index contributed by atoms with van der Waals surface area (Å²) in [6, 6.07) is 14.0. The standard InChI is InChI=1S/C22H23N3O4/c1-4-13-25-21(27)19(15-5-7-16(8-6-15)23-14(2)26)20(22(25)28)24-17-9-11-18(29-3)12-10-17/h5-12,24H,4,13H2,1-3H3,(H,23,26). The Labute approximate surface area is 169 Å². The normalized spacial score (nSPS) is 13.7. The monoisotopic (exact) mass is 393 g/mol. The average molecular weight is 393 g/mol. The molecule has 0 fully saturated rings. The summed E-state index contributed by atoms with van der Waals surface area (Å²) in [4.78, 5) is 38.4. The third-order valence-corrected chi connectivity index (χ3v) is 4.47. The number of ether oxygens (including phenoxy) is 1. The van der Waals surface area contributed by atoms with Crippen LogP contribution in [-0.4, -0.2) is 36.3 Å². The van der Waals surface area contributed by atoms with E-state index < -0.39 is 0 Å². The summed E-state index contributed by atoms with van der Waals surface area (Å²) in [6.45, 7) is 3.69. The third kappa shape index (κ3) is 4.29. The van der Waals surface area contributed by atoms with Gasteiger partial charge in [-0.15, -0.1) is 0 Å². The molecule has 2 aromatic rings. The van der Waals surface area contributed by atoms with Crippen LogP contribution in [0.2, 0.25) is 0 Å². The number of benzene rings is 2. The molecule has 0 bridgehead atoms. The molecule has 2 N–H and O–H groups in total.